The Bertz CT molecular complexity index is 1070. The van der Waals surface area contributed by atoms with Gasteiger partial charge in [0, 0.05) is 16.6 Å². The van der Waals surface area contributed by atoms with Gasteiger partial charge in [-0.15, -0.1) is 11.3 Å². The third kappa shape index (κ3) is 3.93. The van der Waals surface area contributed by atoms with Crippen LogP contribution in [0.3, 0.4) is 0 Å². The lowest BCUT2D eigenvalue weighted by molar-refractivity contribution is 0.405. The first kappa shape index (κ1) is 18.7. The smallest absolute Gasteiger partial charge is 0.172 e. The van der Waals surface area contributed by atoms with Gasteiger partial charge in [0.05, 0.1) is 17.5 Å². The number of fused-ring (bicyclic) bond motifs is 2. The fraction of sp³-hybridized carbons (Fsp3) is 0.273. The first-order valence-corrected chi connectivity index (χ1v) is 10.2. The van der Waals surface area contributed by atoms with E-state index in [2.05, 4.69) is 54.6 Å². The van der Waals surface area contributed by atoms with Gasteiger partial charge in [-0.05, 0) is 62.8 Å². The van der Waals surface area contributed by atoms with Crippen LogP contribution in [-0.2, 0) is 0 Å². The maximum atomic E-state index is 5.40. The monoisotopic (exact) mass is 392 g/mol. The van der Waals surface area contributed by atoms with Gasteiger partial charge in [-0.3, -0.25) is 0 Å². The predicted octanol–water partition coefficient (Wildman–Crippen LogP) is 4.88. The van der Waals surface area contributed by atoms with Gasteiger partial charge in [-0.25, -0.2) is 9.97 Å². The van der Waals surface area contributed by atoms with E-state index in [0.717, 1.165) is 52.7 Å². The summed E-state index contributed by atoms with van der Waals surface area (Å²) in [6.07, 6.45) is 1.04. The van der Waals surface area contributed by atoms with E-state index in [4.69, 9.17) is 14.7 Å². The number of aromatic nitrogens is 2. The van der Waals surface area contributed by atoms with Gasteiger partial charge in [-0.1, -0.05) is 18.2 Å². The summed E-state index contributed by atoms with van der Waals surface area (Å²) in [6, 6.07) is 16.5. The van der Waals surface area contributed by atoms with Gasteiger partial charge < -0.3 is 15.0 Å². The lowest BCUT2D eigenvalue weighted by Gasteiger charge is -2.13. The standard InChI is InChI=1S/C22H24N4OS/c1-26(2)12-6-11-23-21-17-14-16(27-3)9-10-18(17)24-22(25-21)20-13-15-7-4-5-8-19(15)28-20/h4-5,7-10,13-14H,6,11-12H2,1-3H3,(H,23,24,25). The van der Waals surface area contributed by atoms with E-state index in [9.17, 15) is 0 Å². The van der Waals surface area contributed by atoms with Crippen LogP contribution in [0, 0.1) is 0 Å². The maximum absolute atomic E-state index is 5.40. The second-order valence-corrected chi connectivity index (χ2v) is 8.09. The molecule has 0 aliphatic heterocycles. The zero-order valence-electron chi connectivity index (χ0n) is 16.4. The SMILES string of the molecule is COc1ccc2nc(-c3cc4ccccc4s3)nc(NCCCN(C)C)c2c1. The topological polar surface area (TPSA) is 50.3 Å². The Kier molecular flexibility index (Phi) is 5.41. The fourth-order valence-electron chi connectivity index (χ4n) is 3.17. The third-order valence-corrected chi connectivity index (χ3v) is 5.74. The molecule has 0 unspecified atom stereocenters. The van der Waals surface area contributed by atoms with Crippen LogP contribution in [0.4, 0.5) is 5.82 Å². The molecule has 28 heavy (non-hydrogen) atoms. The van der Waals surface area contributed by atoms with Crippen molar-refractivity contribution in [2.75, 3.05) is 39.6 Å². The van der Waals surface area contributed by atoms with E-state index in [1.54, 1.807) is 18.4 Å². The summed E-state index contributed by atoms with van der Waals surface area (Å²) in [5.74, 6) is 2.42. The molecule has 5 nitrogen and oxygen atoms in total. The number of hydrogen-bond donors (Lipinski definition) is 1. The summed E-state index contributed by atoms with van der Waals surface area (Å²) in [4.78, 5) is 13.0. The van der Waals surface area contributed by atoms with Crippen molar-refractivity contribution < 1.29 is 4.74 Å². The molecule has 6 heteroatoms. The van der Waals surface area contributed by atoms with Crippen LogP contribution in [0.1, 0.15) is 6.42 Å². The van der Waals surface area contributed by atoms with Crippen molar-refractivity contribution in [3.8, 4) is 16.5 Å². The Labute approximate surface area is 169 Å². The highest BCUT2D eigenvalue weighted by Crippen LogP contribution is 2.34. The second-order valence-electron chi connectivity index (χ2n) is 7.01. The highest BCUT2D eigenvalue weighted by Gasteiger charge is 2.13. The van der Waals surface area contributed by atoms with Crippen molar-refractivity contribution in [2.45, 2.75) is 6.42 Å². The van der Waals surface area contributed by atoms with Gasteiger partial charge in [0.2, 0.25) is 0 Å². The number of hydrogen-bond acceptors (Lipinski definition) is 6. The summed E-state index contributed by atoms with van der Waals surface area (Å²) in [5, 5.41) is 5.71. The van der Waals surface area contributed by atoms with Crippen molar-refractivity contribution >= 4 is 38.1 Å². The summed E-state index contributed by atoms with van der Waals surface area (Å²) in [7, 11) is 5.85. The van der Waals surface area contributed by atoms with E-state index in [1.807, 2.05) is 18.2 Å². The Hall–Kier alpha value is -2.70. The Morgan fingerprint density at radius 1 is 1.07 bits per heavy atom. The zero-order chi connectivity index (χ0) is 19.5. The van der Waals surface area contributed by atoms with E-state index in [1.165, 1.54) is 10.1 Å². The molecule has 0 aliphatic carbocycles. The highest BCUT2D eigenvalue weighted by atomic mass is 32.1. The van der Waals surface area contributed by atoms with Crippen LogP contribution >= 0.6 is 11.3 Å². The summed E-state index contributed by atoms with van der Waals surface area (Å²) in [5.41, 5.74) is 0.915. The predicted molar refractivity (Wildman–Crippen MR) is 119 cm³/mol. The van der Waals surface area contributed by atoms with Crippen LogP contribution in [0.25, 0.3) is 31.7 Å². The molecule has 0 radical (unpaired) electrons. The minimum atomic E-state index is 0.758. The number of nitrogens with one attached hydrogen (secondary N) is 1. The summed E-state index contributed by atoms with van der Waals surface area (Å²) < 4.78 is 6.65. The van der Waals surface area contributed by atoms with Crippen molar-refractivity contribution in [3.05, 3.63) is 48.5 Å². The molecule has 2 aromatic heterocycles. The van der Waals surface area contributed by atoms with Gasteiger partial charge in [0.25, 0.3) is 0 Å². The molecule has 0 spiro atoms. The molecule has 0 saturated heterocycles. The number of ether oxygens (including phenoxy) is 1. The number of thiophene rings is 1. The molecule has 4 aromatic rings. The lowest BCUT2D eigenvalue weighted by Crippen LogP contribution is -2.16. The molecular weight excluding hydrogens is 368 g/mol. The highest BCUT2D eigenvalue weighted by molar-refractivity contribution is 7.22. The van der Waals surface area contributed by atoms with Crippen molar-refractivity contribution in [1.29, 1.82) is 0 Å². The molecule has 0 bridgehead atoms. The van der Waals surface area contributed by atoms with E-state index in [-0.39, 0.29) is 0 Å². The van der Waals surface area contributed by atoms with Crippen LogP contribution in [0.15, 0.2) is 48.5 Å². The molecule has 0 amide bonds. The lowest BCUT2D eigenvalue weighted by atomic mass is 10.2. The van der Waals surface area contributed by atoms with Crippen LogP contribution < -0.4 is 10.1 Å². The summed E-state index contributed by atoms with van der Waals surface area (Å²) >= 11 is 1.72. The zero-order valence-corrected chi connectivity index (χ0v) is 17.2. The fourth-order valence-corrected chi connectivity index (χ4v) is 4.17. The second kappa shape index (κ2) is 8.12. The molecule has 0 fully saturated rings. The molecule has 2 heterocycles. The number of anilines is 1. The maximum Gasteiger partial charge on any atom is 0.172 e. The van der Waals surface area contributed by atoms with Crippen molar-refractivity contribution in [2.24, 2.45) is 0 Å². The quantitative estimate of drug-likeness (QED) is 0.454. The van der Waals surface area contributed by atoms with Gasteiger partial charge >= 0.3 is 0 Å². The molecule has 0 saturated carbocycles. The first-order chi connectivity index (χ1) is 13.6. The molecule has 144 valence electrons. The number of benzene rings is 2. The number of rotatable bonds is 7. The Morgan fingerprint density at radius 2 is 1.93 bits per heavy atom. The minimum absolute atomic E-state index is 0.758. The molecule has 2 aromatic carbocycles. The minimum Gasteiger partial charge on any atom is -0.497 e. The van der Waals surface area contributed by atoms with Gasteiger partial charge in [-0.2, -0.15) is 0 Å². The van der Waals surface area contributed by atoms with E-state index < -0.39 is 0 Å². The molecule has 0 atom stereocenters. The van der Waals surface area contributed by atoms with Crippen LogP contribution in [0.2, 0.25) is 0 Å². The summed E-state index contributed by atoms with van der Waals surface area (Å²) in [6.45, 7) is 1.88. The number of methoxy groups -OCH3 is 1. The van der Waals surface area contributed by atoms with Gasteiger partial charge in [0.1, 0.15) is 11.6 Å². The molecule has 0 aliphatic rings. The average Bonchev–Trinajstić information content (AvgIpc) is 3.14. The molecule has 4 rings (SSSR count). The Balaban J connectivity index is 1.74. The van der Waals surface area contributed by atoms with Crippen molar-refractivity contribution in [1.82, 2.24) is 14.9 Å². The Morgan fingerprint density at radius 3 is 2.71 bits per heavy atom. The number of nitrogens with zero attached hydrogens (tertiary/aromatic N) is 3. The largest absolute Gasteiger partial charge is 0.497 e. The van der Waals surface area contributed by atoms with Gasteiger partial charge in [0.15, 0.2) is 5.82 Å². The van der Waals surface area contributed by atoms with E-state index in [0.29, 0.717) is 0 Å². The first-order valence-electron chi connectivity index (χ1n) is 9.37. The molecular formula is C22H24N4OS. The normalized spacial score (nSPS) is 11.4. The third-order valence-electron chi connectivity index (χ3n) is 4.62. The average molecular weight is 393 g/mol. The van der Waals surface area contributed by atoms with Crippen LogP contribution in [-0.4, -0.2) is 49.2 Å². The molecule has 1 N–H and O–H groups in total. The van der Waals surface area contributed by atoms with E-state index >= 15 is 0 Å². The van der Waals surface area contributed by atoms with Crippen molar-refractivity contribution in [3.63, 3.8) is 0 Å². The van der Waals surface area contributed by atoms with Crippen LogP contribution in [0.5, 0.6) is 5.75 Å².